The SMILES string of the molecule is CCOc1ccc(C(C#N)NC2CCCC2)cc1OC. The largest absolute Gasteiger partial charge is 0.493 e. The Kier molecular flexibility index (Phi) is 5.25. The predicted molar refractivity (Wildman–Crippen MR) is 77.9 cm³/mol. The molecule has 1 aliphatic carbocycles. The Labute approximate surface area is 120 Å². The summed E-state index contributed by atoms with van der Waals surface area (Å²) in [4.78, 5) is 0. The van der Waals surface area contributed by atoms with Gasteiger partial charge in [0, 0.05) is 6.04 Å². The van der Waals surface area contributed by atoms with Crippen molar-refractivity contribution in [3.05, 3.63) is 23.8 Å². The monoisotopic (exact) mass is 274 g/mol. The number of rotatable bonds is 6. The quantitative estimate of drug-likeness (QED) is 0.865. The molecule has 108 valence electrons. The maximum atomic E-state index is 9.39. The number of benzene rings is 1. The first-order valence-corrected chi connectivity index (χ1v) is 7.25. The Balaban J connectivity index is 2.14. The van der Waals surface area contributed by atoms with E-state index >= 15 is 0 Å². The highest BCUT2D eigenvalue weighted by Crippen LogP contribution is 2.31. The molecule has 1 saturated carbocycles. The zero-order valence-corrected chi connectivity index (χ0v) is 12.2. The van der Waals surface area contributed by atoms with E-state index in [1.165, 1.54) is 12.8 Å². The number of ether oxygens (including phenoxy) is 2. The molecule has 20 heavy (non-hydrogen) atoms. The molecular weight excluding hydrogens is 252 g/mol. The van der Waals surface area contributed by atoms with Crippen molar-refractivity contribution in [1.29, 1.82) is 5.26 Å². The van der Waals surface area contributed by atoms with Crippen molar-refractivity contribution in [3.8, 4) is 17.6 Å². The van der Waals surface area contributed by atoms with E-state index in [9.17, 15) is 5.26 Å². The van der Waals surface area contributed by atoms with Crippen LogP contribution >= 0.6 is 0 Å². The molecular formula is C16H22N2O2. The van der Waals surface area contributed by atoms with Crippen molar-refractivity contribution in [2.75, 3.05) is 13.7 Å². The van der Waals surface area contributed by atoms with E-state index in [2.05, 4.69) is 11.4 Å². The molecule has 1 N–H and O–H groups in total. The highest BCUT2D eigenvalue weighted by atomic mass is 16.5. The molecule has 2 rings (SSSR count). The zero-order chi connectivity index (χ0) is 14.4. The number of nitriles is 1. The van der Waals surface area contributed by atoms with Crippen LogP contribution in [0.25, 0.3) is 0 Å². The maximum absolute atomic E-state index is 9.39. The van der Waals surface area contributed by atoms with Gasteiger partial charge in [0.25, 0.3) is 0 Å². The first-order chi connectivity index (χ1) is 9.78. The van der Waals surface area contributed by atoms with Crippen LogP contribution in [-0.2, 0) is 0 Å². The Morgan fingerprint density at radius 2 is 2.10 bits per heavy atom. The van der Waals surface area contributed by atoms with Gasteiger partial charge in [0.2, 0.25) is 0 Å². The minimum Gasteiger partial charge on any atom is -0.493 e. The normalized spacial score (nSPS) is 16.6. The molecule has 1 aromatic carbocycles. The molecule has 1 aromatic rings. The van der Waals surface area contributed by atoms with E-state index in [0.29, 0.717) is 18.4 Å². The Morgan fingerprint density at radius 3 is 2.70 bits per heavy atom. The van der Waals surface area contributed by atoms with Crippen LogP contribution in [0.3, 0.4) is 0 Å². The van der Waals surface area contributed by atoms with Crippen LogP contribution in [0.5, 0.6) is 11.5 Å². The lowest BCUT2D eigenvalue weighted by Gasteiger charge is -2.18. The van der Waals surface area contributed by atoms with Crippen molar-refractivity contribution in [2.45, 2.75) is 44.7 Å². The van der Waals surface area contributed by atoms with Gasteiger partial charge in [-0.3, -0.25) is 5.32 Å². The van der Waals surface area contributed by atoms with E-state index in [1.807, 2.05) is 25.1 Å². The molecule has 0 radical (unpaired) electrons. The lowest BCUT2D eigenvalue weighted by molar-refractivity contribution is 0.310. The fourth-order valence-electron chi connectivity index (χ4n) is 2.67. The summed E-state index contributed by atoms with van der Waals surface area (Å²) in [6.07, 6.45) is 4.82. The molecule has 1 atom stereocenters. The van der Waals surface area contributed by atoms with Crippen LogP contribution in [0.15, 0.2) is 18.2 Å². The molecule has 1 unspecified atom stereocenters. The summed E-state index contributed by atoms with van der Waals surface area (Å²) in [6.45, 7) is 2.53. The first kappa shape index (κ1) is 14.7. The van der Waals surface area contributed by atoms with Gasteiger partial charge in [0.1, 0.15) is 6.04 Å². The zero-order valence-electron chi connectivity index (χ0n) is 12.2. The van der Waals surface area contributed by atoms with Crippen molar-refractivity contribution >= 4 is 0 Å². The van der Waals surface area contributed by atoms with Gasteiger partial charge in [0.05, 0.1) is 19.8 Å². The van der Waals surface area contributed by atoms with E-state index in [0.717, 1.165) is 24.2 Å². The number of methoxy groups -OCH3 is 1. The summed E-state index contributed by atoms with van der Waals surface area (Å²) in [7, 11) is 1.62. The topological polar surface area (TPSA) is 54.3 Å². The molecule has 4 nitrogen and oxygen atoms in total. The van der Waals surface area contributed by atoms with Gasteiger partial charge in [-0.25, -0.2) is 0 Å². The predicted octanol–water partition coefficient (Wildman–Crippen LogP) is 3.19. The van der Waals surface area contributed by atoms with Crippen molar-refractivity contribution in [2.24, 2.45) is 0 Å². The second-order valence-electron chi connectivity index (χ2n) is 5.05. The third kappa shape index (κ3) is 3.43. The number of hydrogen-bond donors (Lipinski definition) is 1. The van der Waals surface area contributed by atoms with Gasteiger partial charge in [-0.2, -0.15) is 5.26 Å². The van der Waals surface area contributed by atoms with Gasteiger partial charge >= 0.3 is 0 Å². The summed E-state index contributed by atoms with van der Waals surface area (Å²) >= 11 is 0. The summed E-state index contributed by atoms with van der Waals surface area (Å²) < 4.78 is 10.8. The summed E-state index contributed by atoms with van der Waals surface area (Å²) in [5, 5.41) is 12.8. The van der Waals surface area contributed by atoms with Crippen LogP contribution in [0.1, 0.15) is 44.2 Å². The molecule has 0 aromatic heterocycles. The second kappa shape index (κ2) is 7.16. The fraction of sp³-hybridized carbons (Fsp3) is 0.562. The standard InChI is InChI=1S/C16H22N2O2/c1-3-20-15-9-8-12(10-16(15)19-2)14(11-17)18-13-6-4-5-7-13/h8-10,13-14,18H,3-7H2,1-2H3. The second-order valence-corrected chi connectivity index (χ2v) is 5.05. The minimum atomic E-state index is -0.289. The molecule has 0 saturated heterocycles. The molecule has 0 bridgehead atoms. The summed E-state index contributed by atoms with van der Waals surface area (Å²) in [5.74, 6) is 1.40. The molecule has 0 aliphatic heterocycles. The smallest absolute Gasteiger partial charge is 0.161 e. The third-order valence-electron chi connectivity index (χ3n) is 3.71. The lowest BCUT2D eigenvalue weighted by atomic mass is 10.1. The molecule has 0 spiro atoms. The molecule has 1 aliphatic rings. The highest BCUT2D eigenvalue weighted by Gasteiger charge is 2.21. The third-order valence-corrected chi connectivity index (χ3v) is 3.71. The Bertz CT molecular complexity index is 476. The Hall–Kier alpha value is -1.73. The maximum Gasteiger partial charge on any atom is 0.161 e. The van der Waals surface area contributed by atoms with Gasteiger partial charge in [0.15, 0.2) is 11.5 Å². The summed E-state index contributed by atoms with van der Waals surface area (Å²) in [6, 6.07) is 8.20. The van der Waals surface area contributed by atoms with Crippen LogP contribution < -0.4 is 14.8 Å². The lowest BCUT2D eigenvalue weighted by Crippen LogP contribution is -2.29. The number of hydrogen-bond acceptors (Lipinski definition) is 4. The van der Waals surface area contributed by atoms with Crippen molar-refractivity contribution in [3.63, 3.8) is 0 Å². The van der Waals surface area contributed by atoms with Crippen molar-refractivity contribution in [1.82, 2.24) is 5.32 Å². The first-order valence-electron chi connectivity index (χ1n) is 7.25. The minimum absolute atomic E-state index is 0.289. The van der Waals surface area contributed by atoms with Gasteiger partial charge in [-0.05, 0) is 37.5 Å². The fourth-order valence-corrected chi connectivity index (χ4v) is 2.67. The van der Waals surface area contributed by atoms with Gasteiger partial charge < -0.3 is 9.47 Å². The van der Waals surface area contributed by atoms with E-state index in [-0.39, 0.29) is 6.04 Å². The Morgan fingerprint density at radius 1 is 1.35 bits per heavy atom. The van der Waals surface area contributed by atoms with Gasteiger partial charge in [-0.15, -0.1) is 0 Å². The van der Waals surface area contributed by atoms with E-state index < -0.39 is 0 Å². The highest BCUT2D eigenvalue weighted by molar-refractivity contribution is 5.44. The summed E-state index contributed by atoms with van der Waals surface area (Å²) in [5.41, 5.74) is 0.930. The molecule has 0 heterocycles. The van der Waals surface area contributed by atoms with E-state index in [4.69, 9.17) is 9.47 Å². The average molecular weight is 274 g/mol. The van der Waals surface area contributed by atoms with Crippen LogP contribution in [0, 0.1) is 11.3 Å². The number of nitrogens with zero attached hydrogens (tertiary/aromatic N) is 1. The van der Waals surface area contributed by atoms with Crippen molar-refractivity contribution < 1.29 is 9.47 Å². The number of nitrogens with one attached hydrogen (secondary N) is 1. The van der Waals surface area contributed by atoms with Crippen LogP contribution in [0.4, 0.5) is 0 Å². The molecule has 4 heteroatoms. The van der Waals surface area contributed by atoms with E-state index in [1.54, 1.807) is 7.11 Å². The van der Waals surface area contributed by atoms with Crippen LogP contribution in [-0.4, -0.2) is 19.8 Å². The van der Waals surface area contributed by atoms with Crippen LogP contribution in [0.2, 0.25) is 0 Å². The van der Waals surface area contributed by atoms with Gasteiger partial charge in [-0.1, -0.05) is 18.9 Å². The average Bonchev–Trinajstić information content (AvgIpc) is 2.98. The molecule has 0 amide bonds. The molecule has 1 fully saturated rings.